The molecular formula is C10H16O2. The fraction of sp³-hybridized carbons (Fsp3) is 0.500. The van der Waals surface area contributed by atoms with Crippen molar-refractivity contribution in [2.75, 3.05) is 0 Å². The van der Waals surface area contributed by atoms with Gasteiger partial charge in [0.25, 0.3) is 0 Å². The monoisotopic (exact) mass is 168 g/mol. The van der Waals surface area contributed by atoms with Crippen LogP contribution in [0.5, 0.6) is 0 Å². The average Bonchev–Trinajstić information content (AvgIpc) is 2.03. The second-order valence-electron chi connectivity index (χ2n) is 2.77. The quantitative estimate of drug-likeness (QED) is 0.641. The molecule has 0 spiro atoms. The summed E-state index contributed by atoms with van der Waals surface area (Å²) in [5.41, 5.74) is 0. The van der Waals surface area contributed by atoms with Crippen LogP contribution in [0.2, 0.25) is 0 Å². The Morgan fingerprint density at radius 2 is 2.17 bits per heavy atom. The molecule has 68 valence electrons. The summed E-state index contributed by atoms with van der Waals surface area (Å²) in [6.45, 7) is 3.68. The summed E-state index contributed by atoms with van der Waals surface area (Å²) in [6, 6.07) is 0. The average molecular weight is 168 g/mol. The molecule has 2 nitrogen and oxygen atoms in total. The van der Waals surface area contributed by atoms with Gasteiger partial charge in [-0.3, -0.25) is 4.79 Å². The van der Waals surface area contributed by atoms with E-state index in [9.17, 15) is 4.79 Å². The van der Waals surface area contributed by atoms with Crippen molar-refractivity contribution in [3.8, 4) is 0 Å². The molecule has 0 saturated heterocycles. The third-order valence-corrected chi connectivity index (χ3v) is 1.63. The first kappa shape index (κ1) is 11.0. The number of aliphatic carboxylic acids is 1. The van der Waals surface area contributed by atoms with Gasteiger partial charge in [-0.25, -0.2) is 0 Å². The van der Waals surface area contributed by atoms with E-state index >= 15 is 0 Å². The molecule has 0 aliphatic carbocycles. The van der Waals surface area contributed by atoms with Gasteiger partial charge in [0.1, 0.15) is 0 Å². The molecule has 0 heterocycles. The normalized spacial score (nSPS) is 14.2. The summed E-state index contributed by atoms with van der Waals surface area (Å²) in [5, 5.41) is 8.55. The molecule has 1 atom stereocenters. The predicted octanol–water partition coefficient (Wildman–Crippen LogP) is 2.62. The van der Waals surface area contributed by atoms with Gasteiger partial charge in [0.05, 0.1) is 5.92 Å². The lowest BCUT2D eigenvalue weighted by Gasteiger charge is -2.01. The van der Waals surface area contributed by atoms with Crippen molar-refractivity contribution in [1.82, 2.24) is 0 Å². The van der Waals surface area contributed by atoms with Crippen LogP contribution in [-0.2, 0) is 4.79 Å². The number of hydrogen-bond donors (Lipinski definition) is 1. The van der Waals surface area contributed by atoms with Crippen molar-refractivity contribution < 1.29 is 9.90 Å². The Balaban J connectivity index is 3.49. The summed E-state index contributed by atoms with van der Waals surface area (Å²) < 4.78 is 0. The lowest BCUT2D eigenvalue weighted by Crippen LogP contribution is -2.08. The van der Waals surface area contributed by atoms with Crippen LogP contribution in [0.3, 0.4) is 0 Å². The standard InChI is InChI=1S/C10H16O2/c1-3-4-5-6-7-8-9(2)10(11)12/h3-6,9H,7-8H2,1-2H3,(H,11,12)/b4-3+,6-5+. The van der Waals surface area contributed by atoms with E-state index in [1.54, 1.807) is 6.92 Å². The lowest BCUT2D eigenvalue weighted by atomic mass is 10.1. The topological polar surface area (TPSA) is 37.3 Å². The van der Waals surface area contributed by atoms with E-state index in [2.05, 4.69) is 0 Å². The number of carbonyl (C=O) groups is 1. The molecule has 0 saturated carbocycles. The molecule has 1 unspecified atom stereocenters. The third kappa shape index (κ3) is 5.71. The first-order valence-corrected chi connectivity index (χ1v) is 4.19. The van der Waals surface area contributed by atoms with Gasteiger partial charge in [0.15, 0.2) is 0 Å². The summed E-state index contributed by atoms with van der Waals surface area (Å²) >= 11 is 0. The van der Waals surface area contributed by atoms with Crippen molar-refractivity contribution in [2.24, 2.45) is 5.92 Å². The van der Waals surface area contributed by atoms with Crippen LogP contribution in [0.25, 0.3) is 0 Å². The second-order valence-corrected chi connectivity index (χ2v) is 2.77. The molecule has 0 radical (unpaired) electrons. The number of carboxylic acids is 1. The first-order chi connectivity index (χ1) is 5.68. The Morgan fingerprint density at radius 1 is 1.50 bits per heavy atom. The Bertz CT molecular complexity index is 180. The molecule has 0 fully saturated rings. The van der Waals surface area contributed by atoms with Crippen LogP contribution in [0, 0.1) is 5.92 Å². The highest BCUT2D eigenvalue weighted by Crippen LogP contribution is 2.05. The minimum absolute atomic E-state index is 0.236. The van der Waals surface area contributed by atoms with E-state index in [1.807, 2.05) is 31.2 Å². The lowest BCUT2D eigenvalue weighted by molar-refractivity contribution is -0.141. The van der Waals surface area contributed by atoms with E-state index in [0.717, 1.165) is 6.42 Å². The zero-order valence-electron chi connectivity index (χ0n) is 7.66. The van der Waals surface area contributed by atoms with Crippen LogP contribution < -0.4 is 0 Å². The van der Waals surface area contributed by atoms with E-state index in [0.29, 0.717) is 6.42 Å². The van der Waals surface area contributed by atoms with Crippen molar-refractivity contribution in [2.45, 2.75) is 26.7 Å². The van der Waals surface area contributed by atoms with Crippen molar-refractivity contribution in [3.63, 3.8) is 0 Å². The number of hydrogen-bond acceptors (Lipinski definition) is 1. The Hall–Kier alpha value is -1.05. The highest BCUT2D eigenvalue weighted by atomic mass is 16.4. The molecular weight excluding hydrogens is 152 g/mol. The van der Waals surface area contributed by atoms with Gasteiger partial charge in [-0.1, -0.05) is 31.2 Å². The molecule has 0 bridgehead atoms. The summed E-state index contributed by atoms with van der Waals surface area (Å²) in [5.74, 6) is -0.949. The number of allylic oxidation sites excluding steroid dienone is 4. The molecule has 0 rings (SSSR count). The molecule has 2 heteroatoms. The molecule has 1 N–H and O–H groups in total. The van der Waals surface area contributed by atoms with E-state index in [4.69, 9.17) is 5.11 Å². The van der Waals surface area contributed by atoms with Crippen molar-refractivity contribution >= 4 is 5.97 Å². The first-order valence-electron chi connectivity index (χ1n) is 4.19. The summed E-state index contributed by atoms with van der Waals surface area (Å²) in [4.78, 5) is 10.4. The maximum atomic E-state index is 10.4. The molecule has 12 heavy (non-hydrogen) atoms. The van der Waals surface area contributed by atoms with Gasteiger partial charge in [0, 0.05) is 0 Å². The number of carboxylic acid groups (broad SMARTS) is 1. The molecule has 0 aromatic rings. The summed E-state index contributed by atoms with van der Waals surface area (Å²) in [7, 11) is 0. The SMILES string of the molecule is C/C=C/C=C/CCC(C)C(=O)O. The Kier molecular flexibility index (Phi) is 6.07. The van der Waals surface area contributed by atoms with E-state index < -0.39 is 5.97 Å². The fourth-order valence-corrected chi connectivity index (χ4v) is 0.756. The van der Waals surface area contributed by atoms with Crippen LogP contribution in [0.15, 0.2) is 24.3 Å². The van der Waals surface area contributed by atoms with Gasteiger partial charge >= 0.3 is 5.97 Å². The Morgan fingerprint density at radius 3 is 2.67 bits per heavy atom. The zero-order valence-corrected chi connectivity index (χ0v) is 7.66. The van der Waals surface area contributed by atoms with E-state index in [1.165, 1.54) is 0 Å². The van der Waals surface area contributed by atoms with Gasteiger partial charge in [-0.05, 0) is 19.8 Å². The summed E-state index contributed by atoms with van der Waals surface area (Å²) in [6.07, 6.45) is 9.35. The highest BCUT2D eigenvalue weighted by Gasteiger charge is 2.07. The second kappa shape index (κ2) is 6.65. The third-order valence-electron chi connectivity index (χ3n) is 1.63. The van der Waals surface area contributed by atoms with Gasteiger partial charge in [-0.2, -0.15) is 0 Å². The minimum Gasteiger partial charge on any atom is -0.481 e. The molecule has 0 amide bonds. The Labute approximate surface area is 73.6 Å². The van der Waals surface area contributed by atoms with E-state index in [-0.39, 0.29) is 5.92 Å². The molecule has 0 aliphatic rings. The van der Waals surface area contributed by atoms with Crippen LogP contribution in [0.1, 0.15) is 26.7 Å². The fourth-order valence-electron chi connectivity index (χ4n) is 0.756. The number of rotatable bonds is 5. The molecule has 0 aromatic carbocycles. The maximum Gasteiger partial charge on any atom is 0.306 e. The minimum atomic E-state index is -0.713. The smallest absolute Gasteiger partial charge is 0.306 e. The van der Waals surface area contributed by atoms with Crippen LogP contribution in [-0.4, -0.2) is 11.1 Å². The highest BCUT2D eigenvalue weighted by molar-refractivity contribution is 5.69. The van der Waals surface area contributed by atoms with Gasteiger partial charge < -0.3 is 5.11 Å². The van der Waals surface area contributed by atoms with Crippen molar-refractivity contribution in [3.05, 3.63) is 24.3 Å². The largest absolute Gasteiger partial charge is 0.481 e. The van der Waals surface area contributed by atoms with Crippen LogP contribution in [0.4, 0.5) is 0 Å². The predicted molar refractivity (Wildman–Crippen MR) is 50.0 cm³/mol. The maximum absolute atomic E-state index is 10.4. The van der Waals surface area contributed by atoms with Gasteiger partial charge in [0.2, 0.25) is 0 Å². The zero-order chi connectivity index (χ0) is 9.40. The van der Waals surface area contributed by atoms with Gasteiger partial charge in [-0.15, -0.1) is 0 Å². The van der Waals surface area contributed by atoms with Crippen molar-refractivity contribution in [1.29, 1.82) is 0 Å². The molecule has 0 aromatic heterocycles. The molecule has 0 aliphatic heterocycles. The van der Waals surface area contributed by atoms with Crippen LogP contribution >= 0.6 is 0 Å².